The van der Waals surface area contributed by atoms with Crippen LogP contribution in [0.1, 0.15) is 25.6 Å². The van der Waals surface area contributed by atoms with Gasteiger partial charge in [-0.2, -0.15) is 9.97 Å². The van der Waals surface area contributed by atoms with Gasteiger partial charge < -0.3 is 29.8 Å². The van der Waals surface area contributed by atoms with Crippen LogP contribution in [0, 0.1) is 18.3 Å². The molecule has 1 aliphatic rings. The van der Waals surface area contributed by atoms with Crippen LogP contribution in [0.25, 0.3) is 11.2 Å². The van der Waals surface area contributed by atoms with Gasteiger partial charge >= 0.3 is 11.9 Å². The quantitative estimate of drug-likeness (QED) is 0.161. The molecule has 0 unspecified atom stereocenters. The van der Waals surface area contributed by atoms with E-state index in [1.54, 1.807) is 44.2 Å². The van der Waals surface area contributed by atoms with E-state index in [-0.39, 0.29) is 48.5 Å². The minimum Gasteiger partial charge on any atom is -0.463 e. The summed E-state index contributed by atoms with van der Waals surface area (Å²) in [7, 11) is 0. The Morgan fingerprint density at radius 3 is 2.49 bits per heavy atom. The van der Waals surface area contributed by atoms with Crippen molar-refractivity contribution in [3.05, 3.63) is 47.5 Å². The number of nitrogens with two attached hydrogens (primary N) is 1. The number of terminal acetylenes is 1. The first kappa shape index (κ1) is 28.3. The van der Waals surface area contributed by atoms with E-state index in [0.717, 1.165) is 0 Å². The third-order valence-electron chi connectivity index (χ3n) is 6.26. The second kappa shape index (κ2) is 12.0. The molecule has 13 heteroatoms. The van der Waals surface area contributed by atoms with Gasteiger partial charge in [0.15, 0.2) is 17.7 Å². The molecule has 3 heterocycles. The van der Waals surface area contributed by atoms with Crippen LogP contribution in [0.3, 0.4) is 0 Å². The fourth-order valence-electron chi connectivity index (χ4n) is 4.42. The molecule has 4 atom stereocenters. The zero-order valence-electron chi connectivity index (χ0n) is 21.3. The zero-order valence-corrected chi connectivity index (χ0v) is 22.1. The van der Waals surface area contributed by atoms with Crippen molar-refractivity contribution in [2.24, 2.45) is 5.92 Å². The largest absolute Gasteiger partial charge is 0.463 e. The van der Waals surface area contributed by atoms with E-state index in [1.807, 2.05) is 0 Å². The topological polar surface area (TPSA) is 161 Å². The van der Waals surface area contributed by atoms with E-state index in [9.17, 15) is 14.7 Å². The van der Waals surface area contributed by atoms with E-state index in [0.29, 0.717) is 5.56 Å². The average Bonchev–Trinajstić information content (AvgIpc) is 3.47. The van der Waals surface area contributed by atoms with Crippen LogP contribution in [0.15, 0.2) is 36.7 Å². The van der Waals surface area contributed by atoms with Gasteiger partial charge in [0.25, 0.3) is 5.60 Å². The number of carbonyl (C=O) groups is 2. The highest BCUT2D eigenvalue weighted by Crippen LogP contribution is 2.37. The van der Waals surface area contributed by atoms with Crippen LogP contribution in [0.4, 0.5) is 5.82 Å². The van der Waals surface area contributed by atoms with Gasteiger partial charge in [0, 0.05) is 6.42 Å². The lowest BCUT2D eigenvalue weighted by Gasteiger charge is -2.31. The molecule has 3 N–H and O–H groups in total. The van der Waals surface area contributed by atoms with E-state index in [4.69, 9.17) is 42.7 Å². The number of carbonyl (C=O) groups excluding carboxylic acids is 2. The average molecular weight is 558 g/mol. The number of nitrogens with zero attached hydrogens (tertiary/aromatic N) is 4. The number of anilines is 1. The van der Waals surface area contributed by atoms with E-state index in [2.05, 4.69) is 20.9 Å². The Bertz CT molecular complexity index is 1360. The minimum absolute atomic E-state index is 0.00703. The SMILES string of the molecule is C#C[C@@H]1[C@@H](O)[C@H](n2cnc3c(N)nc(Cl)nc32)O[C@@H]1COC(Cc1ccccc1)(C(=O)OCC)C(=O)OCC. The summed E-state index contributed by atoms with van der Waals surface area (Å²) in [5, 5.41) is 11.0. The number of hydrogen-bond acceptors (Lipinski definition) is 11. The number of benzene rings is 1. The number of ether oxygens (including phenoxy) is 4. The predicted molar refractivity (Wildman–Crippen MR) is 139 cm³/mol. The molecule has 1 aromatic carbocycles. The summed E-state index contributed by atoms with van der Waals surface area (Å²) >= 11 is 5.97. The first-order valence-corrected chi connectivity index (χ1v) is 12.6. The Labute approximate surface area is 229 Å². The van der Waals surface area contributed by atoms with Crippen molar-refractivity contribution >= 4 is 40.5 Å². The first-order valence-electron chi connectivity index (χ1n) is 12.2. The summed E-state index contributed by atoms with van der Waals surface area (Å²) in [6, 6.07) is 8.83. The molecule has 4 rings (SSSR count). The van der Waals surface area contributed by atoms with Crippen molar-refractivity contribution in [3.8, 4) is 12.3 Å². The van der Waals surface area contributed by atoms with Crippen LogP contribution < -0.4 is 5.73 Å². The third-order valence-corrected chi connectivity index (χ3v) is 6.43. The van der Waals surface area contributed by atoms with Gasteiger partial charge in [0.2, 0.25) is 5.28 Å². The van der Waals surface area contributed by atoms with Gasteiger partial charge in [-0.25, -0.2) is 14.6 Å². The van der Waals surface area contributed by atoms with E-state index < -0.39 is 41.9 Å². The van der Waals surface area contributed by atoms with Crippen LogP contribution in [0.5, 0.6) is 0 Å². The molecule has 1 aliphatic heterocycles. The van der Waals surface area contributed by atoms with Gasteiger partial charge in [-0.05, 0) is 31.0 Å². The molecule has 39 heavy (non-hydrogen) atoms. The zero-order chi connectivity index (χ0) is 28.2. The van der Waals surface area contributed by atoms with Gasteiger partial charge in [-0.3, -0.25) is 4.57 Å². The Hall–Kier alpha value is -3.76. The lowest BCUT2D eigenvalue weighted by molar-refractivity contribution is -0.195. The molecular weight excluding hydrogens is 530 g/mol. The fraction of sp³-hybridized carbons (Fsp3) is 0.423. The minimum atomic E-state index is -2.14. The normalized spacial score (nSPS) is 21.0. The summed E-state index contributed by atoms with van der Waals surface area (Å²) in [6.45, 7) is 2.89. The molecule has 1 fully saturated rings. The molecular formula is C26H28ClN5O7. The predicted octanol–water partition coefficient (Wildman–Crippen LogP) is 1.69. The van der Waals surface area contributed by atoms with Crippen molar-refractivity contribution in [1.82, 2.24) is 19.5 Å². The van der Waals surface area contributed by atoms with Crippen LogP contribution in [0.2, 0.25) is 5.28 Å². The van der Waals surface area contributed by atoms with Crippen LogP contribution >= 0.6 is 11.6 Å². The Kier molecular flexibility index (Phi) is 8.66. The summed E-state index contributed by atoms with van der Waals surface area (Å²) in [6.07, 6.45) is 3.73. The monoisotopic (exact) mass is 557 g/mol. The summed E-state index contributed by atoms with van der Waals surface area (Å²) in [5.74, 6) is -0.146. The Balaban J connectivity index is 1.65. The number of fused-ring (bicyclic) bond motifs is 1. The number of aliphatic hydroxyl groups is 1. The fourth-order valence-corrected chi connectivity index (χ4v) is 4.59. The maximum Gasteiger partial charge on any atom is 0.350 e. The molecule has 0 saturated carbocycles. The summed E-state index contributed by atoms with van der Waals surface area (Å²) < 4.78 is 24.1. The number of hydrogen-bond donors (Lipinski definition) is 2. The highest BCUT2D eigenvalue weighted by molar-refractivity contribution is 6.28. The van der Waals surface area contributed by atoms with Crippen LogP contribution in [-0.2, 0) is 35.0 Å². The molecule has 0 aliphatic carbocycles. The first-order chi connectivity index (χ1) is 18.7. The Morgan fingerprint density at radius 2 is 1.87 bits per heavy atom. The lowest BCUT2D eigenvalue weighted by atomic mass is 9.93. The molecule has 0 spiro atoms. The molecule has 0 amide bonds. The highest BCUT2D eigenvalue weighted by atomic mass is 35.5. The summed E-state index contributed by atoms with van der Waals surface area (Å²) in [4.78, 5) is 38.7. The number of aliphatic hydroxyl groups excluding tert-OH is 1. The number of nitrogen functional groups attached to an aromatic ring is 1. The van der Waals surface area contributed by atoms with Gasteiger partial charge in [0.05, 0.1) is 32.1 Å². The van der Waals surface area contributed by atoms with Crippen LogP contribution in [-0.4, -0.2) is 74.2 Å². The molecule has 0 radical (unpaired) electrons. The lowest BCUT2D eigenvalue weighted by Crippen LogP contribution is -2.54. The number of rotatable bonds is 10. The van der Waals surface area contributed by atoms with Crippen molar-refractivity contribution in [3.63, 3.8) is 0 Å². The second-order valence-corrected chi connectivity index (χ2v) is 9.03. The van der Waals surface area contributed by atoms with E-state index in [1.165, 1.54) is 10.9 Å². The van der Waals surface area contributed by atoms with Gasteiger partial charge in [0.1, 0.15) is 17.7 Å². The highest BCUT2D eigenvalue weighted by Gasteiger charge is 2.53. The maximum atomic E-state index is 13.2. The number of halogens is 1. The molecule has 1 saturated heterocycles. The molecule has 2 aromatic heterocycles. The smallest absolute Gasteiger partial charge is 0.350 e. The van der Waals surface area contributed by atoms with Crippen molar-refractivity contribution < 1.29 is 33.6 Å². The van der Waals surface area contributed by atoms with Crippen molar-refractivity contribution in [1.29, 1.82) is 0 Å². The summed E-state index contributed by atoms with van der Waals surface area (Å²) in [5.41, 5.74) is 4.88. The molecule has 12 nitrogen and oxygen atoms in total. The molecule has 3 aromatic rings. The Morgan fingerprint density at radius 1 is 1.21 bits per heavy atom. The third kappa shape index (κ3) is 5.53. The second-order valence-electron chi connectivity index (χ2n) is 8.69. The number of imidazole rings is 1. The number of aromatic nitrogens is 4. The maximum absolute atomic E-state index is 13.2. The van der Waals surface area contributed by atoms with E-state index >= 15 is 0 Å². The molecule has 206 valence electrons. The standard InChI is InChI=1S/C26H28ClN5O7/c1-4-16-17(39-22(19(16)33)32-14-29-18-20(28)30-25(27)31-21(18)32)13-38-26(23(34)36-5-2,24(35)37-6-3)12-15-10-8-7-9-11-15/h1,7-11,14,16-17,19,22,33H,5-6,12-13H2,2-3H3,(H2,28,30,31)/t16-,17+,19+,22+/m0/s1. The number of esters is 2. The van der Waals surface area contributed by atoms with Crippen molar-refractivity contribution in [2.45, 2.75) is 44.3 Å². The molecule has 0 bridgehead atoms. The van der Waals surface area contributed by atoms with Crippen molar-refractivity contribution in [2.75, 3.05) is 25.6 Å². The van der Waals surface area contributed by atoms with Gasteiger partial charge in [-0.15, -0.1) is 6.42 Å². The van der Waals surface area contributed by atoms with Gasteiger partial charge in [-0.1, -0.05) is 36.3 Å².